The average Bonchev–Trinajstić information content (AvgIpc) is 2.47. The summed E-state index contributed by atoms with van der Waals surface area (Å²) in [4.78, 5) is 2.31. The molecule has 0 bridgehead atoms. The summed E-state index contributed by atoms with van der Waals surface area (Å²) in [5.41, 5.74) is 1.92. The molecule has 4 heteroatoms. The lowest BCUT2D eigenvalue weighted by Gasteiger charge is -2.36. The minimum atomic E-state index is -0.556. The Bertz CT molecular complexity index is 432. The number of piperidine rings is 1. The lowest BCUT2D eigenvalue weighted by atomic mass is 9.93. The van der Waals surface area contributed by atoms with Crippen molar-refractivity contribution in [1.82, 2.24) is 0 Å². The number of benzene rings is 1. The first-order chi connectivity index (χ1) is 9.67. The van der Waals surface area contributed by atoms with E-state index in [4.69, 9.17) is 9.84 Å². The molecule has 2 N–H and O–H groups in total. The standard InChI is InChI=1S/C16H25NO3/c1-12(19)16-14(6-3-7-15(16)20-2)17-9-4-5-13(11-17)8-10-18/h3,6-7,12-13,18-19H,4-5,8-11H2,1-2H3/t12-,13?/m0/s1. The number of anilines is 1. The zero-order valence-corrected chi connectivity index (χ0v) is 12.4. The first-order valence-electron chi connectivity index (χ1n) is 7.38. The molecule has 1 saturated heterocycles. The molecule has 1 unspecified atom stereocenters. The molecule has 0 aromatic heterocycles. The van der Waals surface area contributed by atoms with Crippen molar-refractivity contribution in [3.63, 3.8) is 0 Å². The van der Waals surface area contributed by atoms with Gasteiger partial charge < -0.3 is 19.8 Å². The number of ether oxygens (including phenoxy) is 1. The number of hydrogen-bond acceptors (Lipinski definition) is 4. The molecule has 112 valence electrons. The molecule has 1 aliphatic heterocycles. The SMILES string of the molecule is COc1cccc(N2CCCC(CCO)C2)c1[C@H](C)O. The van der Waals surface area contributed by atoms with Gasteiger partial charge in [-0.15, -0.1) is 0 Å². The van der Waals surface area contributed by atoms with E-state index in [9.17, 15) is 5.11 Å². The van der Waals surface area contributed by atoms with E-state index >= 15 is 0 Å². The van der Waals surface area contributed by atoms with Crippen molar-refractivity contribution in [2.45, 2.75) is 32.3 Å². The Morgan fingerprint density at radius 1 is 1.45 bits per heavy atom. The van der Waals surface area contributed by atoms with Crippen molar-refractivity contribution in [3.05, 3.63) is 23.8 Å². The second-order valence-corrected chi connectivity index (χ2v) is 5.54. The zero-order valence-electron chi connectivity index (χ0n) is 12.4. The summed E-state index contributed by atoms with van der Waals surface area (Å²) in [7, 11) is 1.63. The highest BCUT2D eigenvalue weighted by Gasteiger charge is 2.24. The molecule has 2 rings (SSSR count). The molecule has 1 aliphatic rings. The Hall–Kier alpha value is -1.26. The van der Waals surface area contributed by atoms with Crippen LogP contribution in [0.4, 0.5) is 5.69 Å². The number of hydrogen-bond donors (Lipinski definition) is 2. The van der Waals surface area contributed by atoms with Crippen LogP contribution in [0.15, 0.2) is 18.2 Å². The third-order valence-electron chi connectivity index (χ3n) is 4.08. The maximum atomic E-state index is 10.1. The molecule has 1 fully saturated rings. The monoisotopic (exact) mass is 279 g/mol. The van der Waals surface area contributed by atoms with Crippen molar-refractivity contribution in [2.24, 2.45) is 5.92 Å². The fourth-order valence-electron chi connectivity index (χ4n) is 3.11. The van der Waals surface area contributed by atoms with E-state index < -0.39 is 6.10 Å². The molecule has 1 aromatic carbocycles. The van der Waals surface area contributed by atoms with E-state index in [1.807, 2.05) is 18.2 Å². The Morgan fingerprint density at radius 3 is 2.90 bits per heavy atom. The van der Waals surface area contributed by atoms with Gasteiger partial charge in [0, 0.05) is 30.9 Å². The van der Waals surface area contributed by atoms with Crippen LogP contribution < -0.4 is 9.64 Å². The predicted molar refractivity (Wildman–Crippen MR) is 80.3 cm³/mol. The van der Waals surface area contributed by atoms with Crippen LogP contribution in [0.5, 0.6) is 5.75 Å². The minimum Gasteiger partial charge on any atom is -0.496 e. The van der Waals surface area contributed by atoms with Crippen molar-refractivity contribution in [2.75, 3.05) is 31.7 Å². The molecule has 0 radical (unpaired) electrons. The topological polar surface area (TPSA) is 52.9 Å². The second kappa shape index (κ2) is 6.95. The highest BCUT2D eigenvalue weighted by molar-refractivity contribution is 5.60. The summed E-state index contributed by atoms with van der Waals surface area (Å²) in [6.45, 7) is 3.96. The van der Waals surface area contributed by atoms with E-state index in [2.05, 4.69) is 4.90 Å². The highest BCUT2D eigenvalue weighted by atomic mass is 16.5. The van der Waals surface area contributed by atoms with Gasteiger partial charge in [-0.1, -0.05) is 6.07 Å². The quantitative estimate of drug-likeness (QED) is 0.868. The molecular formula is C16H25NO3. The van der Waals surface area contributed by atoms with Crippen LogP contribution >= 0.6 is 0 Å². The molecule has 1 aromatic rings. The third-order valence-corrected chi connectivity index (χ3v) is 4.08. The first-order valence-corrected chi connectivity index (χ1v) is 7.38. The lowest BCUT2D eigenvalue weighted by Crippen LogP contribution is -2.36. The van der Waals surface area contributed by atoms with E-state index in [0.717, 1.165) is 42.9 Å². The molecular weight excluding hydrogens is 254 g/mol. The Kier molecular flexibility index (Phi) is 5.26. The maximum Gasteiger partial charge on any atom is 0.126 e. The lowest BCUT2D eigenvalue weighted by molar-refractivity contribution is 0.194. The van der Waals surface area contributed by atoms with Crippen LogP contribution in [0.3, 0.4) is 0 Å². The van der Waals surface area contributed by atoms with Gasteiger partial charge in [-0.25, -0.2) is 0 Å². The second-order valence-electron chi connectivity index (χ2n) is 5.54. The van der Waals surface area contributed by atoms with Crippen molar-refractivity contribution < 1.29 is 14.9 Å². The van der Waals surface area contributed by atoms with Gasteiger partial charge in [-0.05, 0) is 44.2 Å². The summed E-state index contributed by atoms with van der Waals surface area (Å²) in [6, 6.07) is 5.91. The first kappa shape index (κ1) is 15.1. The molecule has 20 heavy (non-hydrogen) atoms. The van der Waals surface area contributed by atoms with Crippen molar-refractivity contribution >= 4 is 5.69 Å². The summed E-state index contributed by atoms with van der Waals surface area (Å²) >= 11 is 0. The van der Waals surface area contributed by atoms with Crippen molar-refractivity contribution in [1.29, 1.82) is 0 Å². The number of aliphatic hydroxyl groups is 2. The largest absolute Gasteiger partial charge is 0.496 e. The fraction of sp³-hybridized carbons (Fsp3) is 0.625. The van der Waals surface area contributed by atoms with Crippen LogP contribution in [-0.4, -0.2) is 37.0 Å². The van der Waals surface area contributed by atoms with Gasteiger partial charge >= 0.3 is 0 Å². The van der Waals surface area contributed by atoms with E-state index in [1.54, 1.807) is 14.0 Å². The summed E-state index contributed by atoms with van der Waals surface area (Å²) in [6.07, 6.45) is 2.59. The van der Waals surface area contributed by atoms with E-state index in [0.29, 0.717) is 5.92 Å². The van der Waals surface area contributed by atoms with Crippen LogP contribution in [0.2, 0.25) is 0 Å². The Morgan fingerprint density at radius 2 is 2.25 bits per heavy atom. The predicted octanol–water partition coefficient (Wildman–Crippen LogP) is 2.35. The fourth-order valence-corrected chi connectivity index (χ4v) is 3.11. The Labute approximate surface area is 121 Å². The van der Waals surface area contributed by atoms with Gasteiger partial charge in [-0.3, -0.25) is 0 Å². The number of rotatable bonds is 5. The molecule has 0 amide bonds. The normalized spacial score (nSPS) is 20.8. The highest BCUT2D eigenvalue weighted by Crippen LogP contribution is 2.36. The summed E-state index contributed by atoms with van der Waals surface area (Å²) < 4.78 is 5.39. The third kappa shape index (κ3) is 3.25. The van der Waals surface area contributed by atoms with E-state index in [1.165, 1.54) is 6.42 Å². The van der Waals surface area contributed by atoms with Crippen LogP contribution in [0, 0.1) is 5.92 Å². The van der Waals surface area contributed by atoms with Crippen LogP contribution in [0.25, 0.3) is 0 Å². The van der Waals surface area contributed by atoms with Gasteiger partial charge in [0.1, 0.15) is 5.75 Å². The smallest absolute Gasteiger partial charge is 0.126 e. The molecule has 0 aliphatic carbocycles. The molecule has 2 atom stereocenters. The van der Waals surface area contributed by atoms with Gasteiger partial charge in [0.25, 0.3) is 0 Å². The zero-order chi connectivity index (χ0) is 14.5. The Balaban J connectivity index is 2.27. The minimum absolute atomic E-state index is 0.250. The maximum absolute atomic E-state index is 10.1. The van der Waals surface area contributed by atoms with Gasteiger partial charge in [0.2, 0.25) is 0 Å². The average molecular weight is 279 g/mol. The molecule has 4 nitrogen and oxygen atoms in total. The summed E-state index contributed by atoms with van der Waals surface area (Å²) in [5.74, 6) is 1.27. The van der Waals surface area contributed by atoms with Crippen molar-refractivity contribution in [3.8, 4) is 5.75 Å². The van der Waals surface area contributed by atoms with Crippen LogP contribution in [-0.2, 0) is 0 Å². The molecule has 0 spiro atoms. The number of aliphatic hydroxyl groups excluding tert-OH is 2. The van der Waals surface area contributed by atoms with Gasteiger partial charge in [-0.2, -0.15) is 0 Å². The summed E-state index contributed by atoms with van der Waals surface area (Å²) in [5, 5.41) is 19.2. The van der Waals surface area contributed by atoms with Crippen LogP contribution in [0.1, 0.15) is 37.9 Å². The molecule has 1 heterocycles. The number of methoxy groups -OCH3 is 1. The molecule has 0 saturated carbocycles. The van der Waals surface area contributed by atoms with Gasteiger partial charge in [0.15, 0.2) is 0 Å². The van der Waals surface area contributed by atoms with E-state index in [-0.39, 0.29) is 6.61 Å². The van der Waals surface area contributed by atoms with Gasteiger partial charge in [0.05, 0.1) is 13.2 Å². The number of nitrogens with zero attached hydrogens (tertiary/aromatic N) is 1.